The van der Waals surface area contributed by atoms with Crippen LogP contribution in [0.5, 0.6) is 0 Å². The fraction of sp³-hybridized carbons (Fsp3) is 0.625. The van der Waals surface area contributed by atoms with Crippen LogP contribution in [-0.4, -0.2) is 0 Å². The molecule has 0 aliphatic rings. The Labute approximate surface area is 57.0 Å². The minimum absolute atomic E-state index is 0.190. The molecule has 0 unspecified atom stereocenters. The van der Waals surface area contributed by atoms with E-state index >= 15 is 0 Å². The van der Waals surface area contributed by atoms with Gasteiger partial charge in [-0.2, -0.15) is 5.26 Å². The Bertz CT molecular complexity index is 137. The molecule has 0 aromatic rings. The van der Waals surface area contributed by atoms with Crippen molar-refractivity contribution in [3.8, 4) is 6.07 Å². The van der Waals surface area contributed by atoms with Crippen molar-refractivity contribution < 1.29 is 0 Å². The number of nitrogens with zero attached hydrogens (tertiary/aromatic N) is 1. The third-order valence-electron chi connectivity index (χ3n) is 1.52. The SMILES string of the molecule is CCC(C)(C)C=CC#N. The van der Waals surface area contributed by atoms with Crippen LogP contribution in [0, 0.1) is 16.7 Å². The molecular weight excluding hydrogens is 110 g/mol. The topological polar surface area (TPSA) is 23.8 Å². The van der Waals surface area contributed by atoms with E-state index in [1.807, 2.05) is 12.1 Å². The predicted molar refractivity (Wildman–Crippen MR) is 38.8 cm³/mol. The van der Waals surface area contributed by atoms with E-state index in [-0.39, 0.29) is 5.41 Å². The molecular formula is C8H13N. The van der Waals surface area contributed by atoms with Crippen molar-refractivity contribution in [2.24, 2.45) is 5.41 Å². The average Bonchev–Trinajstić information content (AvgIpc) is 1.84. The number of allylic oxidation sites excluding steroid dienone is 2. The second-order valence-corrected chi connectivity index (χ2v) is 2.80. The van der Waals surface area contributed by atoms with Gasteiger partial charge >= 0.3 is 0 Å². The Balaban J connectivity index is 3.89. The summed E-state index contributed by atoms with van der Waals surface area (Å²) < 4.78 is 0. The molecule has 0 spiro atoms. The molecule has 0 N–H and O–H groups in total. The van der Waals surface area contributed by atoms with Crippen LogP contribution in [0.4, 0.5) is 0 Å². The van der Waals surface area contributed by atoms with E-state index < -0.39 is 0 Å². The lowest BCUT2D eigenvalue weighted by molar-refractivity contribution is 0.462. The largest absolute Gasteiger partial charge is 0.193 e. The summed E-state index contributed by atoms with van der Waals surface area (Å²) in [5, 5.41) is 8.19. The Hall–Kier alpha value is -0.770. The van der Waals surface area contributed by atoms with Gasteiger partial charge in [-0.1, -0.05) is 26.8 Å². The van der Waals surface area contributed by atoms with Crippen molar-refractivity contribution in [1.29, 1.82) is 5.26 Å². The van der Waals surface area contributed by atoms with Crippen molar-refractivity contribution in [1.82, 2.24) is 0 Å². The van der Waals surface area contributed by atoms with Crippen LogP contribution in [-0.2, 0) is 0 Å². The minimum atomic E-state index is 0.190. The molecule has 0 saturated carbocycles. The molecule has 0 amide bonds. The van der Waals surface area contributed by atoms with E-state index in [2.05, 4.69) is 20.8 Å². The van der Waals surface area contributed by atoms with Gasteiger partial charge in [-0.3, -0.25) is 0 Å². The summed E-state index contributed by atoms with van der Waals surface area (Å²) in [7, 11) is 0. The highest BCUT2D eigenvalue weighted by atomic mass is 14.2. The van der Waals surface area contributed by atoms with Gasteiger partial charge in [-0.15, -0.1) is 0 Å². The first-order valence-electron chi connectivity index (χ1n) is 3.19. The number of rotatable bonds is 2. The summed E-state index contributed by atoms with van der Waals surface area (Å²) in [5.74, 6) is 0. The van der Waals surface area contributed by atoms with Gasteiger partial charge in [0, 0.05) is 6.08 Å². The summed E-state index contributed by atoms with van der Waals surface area (Å²) in [5.41, 5.74) is 0.190. The van der Waals surface area contributed by atoms with Gasteiger partial charge in [-0.05, 0) is 11.8 Å². The first kappa shape index (κ1) is 8.23. The van der Waals surface area contributed by atoms with E-state index in [9.17, 15) is 0 Å². The molecule has 1 heteroatoms. The number of hydrogen-bond acceptors (Lipinski definition) is 1. The van der Waals surface area contributed by atoms with Crippen molar-refractivity contribution >= 4 is 0 Å². The first-order valence-corrected chi connectivity index (χ1v) is 3.19. The molecule has 0 atom stereocenters. The summed E-state index contributed by atoms with van der Waals surface area (Å²) in [6, 6.07) is 1.98. The fourth-order valence-electron chi connectivity index (χ4n) is 0.381. The highest BCUT2D eigenvalue weighted by Gasteiger charge is 2.08. The molecule has 9 heavy (non-hydrogen) atoms. The Kier molecular flexibility index (Phi) is 3.01. The number of hydrogen-bond donors (Lipinski definition) is 0. The molecule has 50 valence electrons. The van der Waals surface area contributed by atoms with Crippen LogP contribution in [0.1, 0.15) is 27.2 Å². The molecule has 0 aromatic heterocycles. The predicted octanol–water partition coefficient (Wildman–Crippen LogP) is 2.50. The van der Waals surface area contributed by atoms with Gasteiger partial charge < -0.3 is 0 Å². The molecule has 1 nitrogen and oxygen atoms in total. The Morgan fingerprint density at radius 3 is 2.44 bits per heavy atom. The second-order valence-electron chi connectivity index (χ2n) is 2.80. The monoisotopic (exact) mass is 123 g/mol. The van der Waals surface area contributed by atoms with Gasteiger partial charge in [0.25, 0.3) is 0 Å². The van der Waals surface area contributed by atoms with E-state index in [0.717, 1.165) is 6.42 Å². The molecule has 0 bridgehead atoms. The highest BCUT2D eigenvalue weighted by molar-refractivity contribution is 5.06. The van der Waals surface area contributed by atoms with Crippen LogP contribution < -0.4 is 0 Å². The molecule has 0 heterocycles. The summed E-state index contributed by atoms with van der Waals surface area (Å²) in [6.45, 7) is 6.34. The third kappa shape index (κ3) is 3.78. The maximum atomic E-state index is 8.19. The summed E-state index contributed by atoms with van der Waals surface area (Å²) in [4.78, 5) is 0. The van der Waals surface area contributed by atoms with Crippen LogP contribution in [0.15, 0.2) is 12.2 Å². The van der Waals surface area contributed by atoms with Crippen LogP contribution in [0.2, 0.25) is 0 Å². The Morgan fingerprint density at radius 2 is 2.11 bits per heavy atom. The third-order valence-corrected chi connectivity index (χ3v) is 1.52. The molecule has 0 saturated heterocycles. The molecule has 0 fully saturated rings. The maximum Gasteiger partial charge on any atom is 0.0908 e. The molecule has 0 aliphatic carbocycles. The molecule has 0 aromatic carbocycles. The van der Waals surface area contributed by atoms with Crippen molar-refractivity contribution in [2.75, 3.05) is 0 Å². The summed E-state index contributed by atoms with van der Waals surface area (Å²) in [6.07, 6.45) is 4.56. The lowest BCUT2D eigenvalue weighted by atomic mass is 9.90. The standard InChI is InChI=1S/C8H13N/c1-4-8(2,3)6-5-7-9/h5-6H,4H2,1-3H3. The van der Waals surface area contributed by atoms with Crippen molar-refractivity contribution in [2.45, 2.75) is 27.2 Å². The van der Waals surface area contributed by atoms with E-state index in [1.54, 1.807) is 6.08 Å². The smallest absolute Gasteiger partial charge is 0.0908 e. The quantitative estimate of drug-likeness (QED) is 0.517. The van der Waals surface area contributed by atoms with E-state index in [0.29, 0.717) is 0 Å². The lowest BCUT2D eigenvalue weighted by Crippen LogP contribution is -2.03. The maximum absolute atomic E-state index is 8.19. The van der Waals surface area contributed by atoms with Gasteiger partial charge in [0.2, 0.25) is 0 Å². The zero-order valence-corrected chi connectivity index (χ0v) is 6.31. The molecule has 0 aliphatic heterocycles. The van der Waals surface area contributed by atoms with Gasteiger partial charge in [0.1, 0.15) is 0 Å². The first-order chi connectivity index (χ1) is 4.12. The van der Waals surface area contributed by atoms with E-state index in [4.69, 9.17) is 5.26 Å². The fourth-order valence-corrected chi connectivity index (χ4v) is 0.381. The van der Waals surface area contributed by atoms with Gasteiger partial charge in [-0.25, -0.2) is 0 Å². The van der Waals surface area contributed by atoms with Crippen molar-refractivity contribution in [3.63, 3.8) is 0 Å². The number of nitriles is 1. The van der Waals surface area contributed by atoms with Crippen molar-refractivity contribution in [3.05, 3.63) is 12.2 Å². The molecule has 0 rings (SSSR count). The van der Waals surface area contributed by atoms with Crippen LogP contribution >= 0.6 is 0 Å². The average molecular weight is 123 g/mol. The minimum Gasteiger partial charge on any atom is -0.193 e. The summed E-state index contributed by atoms with van der Waals surface area (Å²) >= 11 is 0. The van der Waals surface area contributed by atoms with Crippen LogP contribution in [0.25, 0.3) is 0 Å². The van der Waals surface area contributed by atoms with Crippen LogP contribution in [0.3, 0.4) is 0 Å². The zero-order valence-electron chi connectivity index (χ0n) is 6.31. The lowest BCUT2D eigenvalue weighted by Gasteiger charge is -2.15. The zero-order chi connectivity index (χ0) is 7.33. The molecule has 0 radical (unpaired) electrons. The second kappa shape index (κ2) is 3.29. The van der Waals surface area contributed by atoms with E-state index in [1.165, 1.54) is 0 Å². The van der Waals surface area contributed by atoms with Gasteiger partial charge in [0.15, 0.2) is 0 Å². The normalized spacial score (nSPS) is 11.8. The Morgan fingerprint density at radius 1 is 1.56 bits per heavy atom. The van der Waals surface area contributed by atoms with Gasteiger partial charge in [0.05, 0.1) is 6.07 Å². The highest BCUT2D eigenvalue weighted by Crippen LogP contribution is 2.20.